The fraction of sp³-hybridized carbons (Fsp3) is 0.433. The number of rotatable bonds is 6. The highest BCUT2D eigenvalue weighted by Gasteiger charge is 2.46. The fourth-order valence-electron chi connectivity index (χ4n) is 6.60. The molecule has 202 valence electrons. The number of aromatic nitrogens is 1. The maximum absolute atomic E-state index is 13.6. The second-order valence-electron chi connectivity index (χ2n) is 11.3. The van der Waals surface area contributed by atoms with Crippen molar-refractivity contribution in [3.05, 3.63) is 75.5 Å². The number of amides is 2. The highest BCUT2D eigenvalue weighted by Crippen LogP contribution is 2.45. The molecular formula is C30H30ClN3O5. The molecule has 2 bridgehead atoms. The molecule has 8 nitrogen and oxygen atoms in total. The molecule has 0 radical (unpaired) electrons. The number of hydrogen-bond acceptors (Lipinski definition) is 5. The predicted octanol–water partition coefficient (Wildman–Crippen LogP) is 6.22. The number of aromatic carboxylic acids is 1. The first-order chi connectivity index (χ1) is 19.0. The molecule has 1 saturated carbocycles. The van der Waals surface area contributed by atoms with E-state index in [0.29, 0.717) is 30.6 Å². The monoisotopic (exact) mass is 547 g/mol. The van der Waals surface area contributed by atoms with Crippen molar-refractivity contribution in [2.75, 3.05) is 0 Å². The van der Waals surface area contributed by atoms with Crippen molar-refractivity contribution in [2.45, 2.75) is 82.3 Å². The Morgan fingerprint density at radius 2 is 1.77 bits per heavy atom. The van der Waals surface area contributed by atoms with Gasteiger partial charge in [0.25, 0.3) is 0 Å². The molecule has 3 aliphatic heterocycles. The average molecular weight is 548 g/mol. The third-order valence-electron chi connectivity index (χ3n) is 8.72. The quantitative estimate of drug-likeness (QED) is 0.393. The maximum Gasteiger partial charge on any atom is 0.335 e. The van der Waals surface area contributed by atoms with E-state index in [2.05, 4.69) is 10.1 Å². The van der Waals surface area contributed by atoms with Crippen LogP contribution in [0.1, 0.15) is 77.3 Å². The number of urea groups is 1. The third kappa shape index (κ3) is 4.49. The predicted molar refractivity (Wildman–Crippen MR) is 143 cm³/mol. The zero-order valence-electron chi connectivity index (χ0n) is 21.5. The summed E-state index contributed by atoms with van der Waals surface area (Å²) in [5.74, 6) is 0.372. The van der Waals surface area contributed by atoms with Crippen LogP contribution < -0.4 is 0 Å². The van der Waals surface area contributed by atoms with Gasteiger partial charge in [-0.15, -0.1) is 0 Å². The van der Waals surface area contributed by atoms with E-state index in [9.17, 15) is 14.7 Å². The summed E-state index contributed by atoms with van der Waals surface area (Å²) < 4.78 is 12.3. The SMILES string of the molecule is O=C(O)c1ccc2c(c1)CN(C(=O)N1[C@@H]3CC[C@H]1CC(OCc1c(-c4ccccc4Cl)noc1C1CC1)C3)C2. The van der Waals surface area contributed by atoms with Crippen molar-refractivity contribution in [3.63, 3.8) is 0 Å². The first kappa shape index (κ1) is 24.7. The Morgan fingerprint density at radius 1 is 1.03 bits per heavy atom. The molecule has 9 heteroatoms. The minimum absolute atomic E-state index is 0.0464. The molecule has 39 heavy (non-hydrogen) atoms. The van der Waals surface area contributed by atoms with Gasteiger partial charge in [0.15, 0.2) is 0 Å². The maximum atomic E-state index is 13.6. The van der Waals surface area contributed by atoms with Crippen LogP contribution in [0.25, 0.3) is 11.3 Å². The van der Waals surface area contributed by atoms with Crippen molar-refractivity contribution in [1.82, 2.24) is 15.0 Å². The summed E-state index contributed by atoms with van der Waals surface area (Å²) in [5, 5.41) is 14.4. The molecule has 0 spiro atoms. The van der Waals surface area contributed by atoms with Gasteiger partial charge in [-0.2, -0.15) is 0 Å². The minimum atomic E-state index is -0.947. The molecule has 2 amide bonds. The van der Waals surface area contributed by atoms with Crippen LogP contribution in [-0.2, 0) is 24.4 Å². The molecule has 4 aliphatic rings. The lowest BCUT2D eigenvalue weighted by molar-refractivity contribution is -0.0210. The smallest absolute Gasteiger partial charge is 0.335 e. The number of carbonyl (C=O) groups is 2. The Hall–Kier alpha value is -3.36. The number of carbonyl (C=O) groups excluding carboxylic acids is 1. The Balaban J connectivity index is 1.03. The molecule has 1 N–H and O–H groups in total. The van der Waals surface area contributed by atoms with Gasteiger partial charge in [-0.25, -0.2) is 9.59 Å². The second kappa shape index (κ2) is 9.68. The number of carboxylic acids is 1. The van der Waals surface area contributed by atoms with E-state index < -0.39 is 5.97 Å². The lowest BCUT2D eigenvalue weighted by Gasteiger charge is -2.40. The van der Waals surface area contributed by atoms with Crippen molar-refractivity contribution in [1.29, 1.82) is 0 Å². The van der Waals surface area contributed by atoms with E-state index >= 15 is 0 Å². The fourth-order valence-corrected chi connectivity index (χ4v) is 6.82. The Labute approximate surface area is 231 Å². The Morgan fingerprint density at radius 3 is 2.49 bits per heavy atom. The van der Waals surface area contributed by atoms with Gasteiger partial charge in [0.05, 0.1) is 23.3 Å². The first-order valence-corrected chi connectivity index (χ1v) is 14.1. The van der Waals surface area contributed by atoms with Gasteiger partial charge in [0.2, 0.25) is 0 Å². The number of nitrogens with zero attached hydrogens (tertiary/aromatic N) is 3. The third-order valence-corrected chi connectivity index (χ3v) is 9.05. The van der Waals surface area contributed by atoms with Crippen LogP contribution in [0.5, 0.6) is 0 Å². The number of piperidine rings is 1. The number of hydrogen-bond donors (Lipinski definition) is 1. The van der Waals surface area contributed by atoms with Crippen LogP contribution in [0, 0.1) is 0 Å². The normalized spacial score (nSPS) is 23.8. The van der Waals surface area contributed by atoms with Gasteiger partial charge < -0.3 is 24.2 Å². The number of fused-ring (bicyclic) bond motifs is 3. The van der Waals surface area contributed by atoms with Crippen LogP contribution in [0.4, 0.5) is 4.79 Å². The molecule has 2 saturated heterocycles. The van der Waals surface area contributed by atoms with Crippen molar-refractivity contribution in [2.24, 2.45) is 0 Å². The van der Waals surface area contributed by atoms with Crippen LogP contribution in [-0.4, -0.2) is 50.3 Å². The van der Waals surface area contributed by atoms with E-state index in [1.54, 1.807) is 12.1 Å². The zero-order valence-corrected chi connectivity index (χ0v) is 22.3. The Kier molecular flexibility index (Phi) is 6.12. The summed E-state index contributed by atoms with van der Waals surface area (Å²) in [6.07, 6.45) is 5.83. The van der Waals surface area contributed by atoms with E-state index in [1.165, 1.54) is 0 Å². The standard InChI is InChI=1S/C30H30ClN3O5/c31-26-4-2-1-3-24(26)27-25(28(39-32-27)17-5-6-17)16-38-23-12-21-9-10-22(13-23)34(21)30(37)33-14-19-8-7-18(29(35)36)11-20(19)15-33/h1-4,7-8,11,17,21-23H,5-6,9-10,12-16H2,(H,35,36)/t21-,22+,23?. The van der Waals surface area contributed by atoms with Crippen LogP contribution in [0.2, 0.25) is 5.02 Å². The second-order valence-corrected chi connectivity index (χ2v) is 11.7. The van der Waals surface area contributed by atoms with Gasteiger partial charge in [-0.05, 0) is 67.9 Å². The van der Waals surface area contributed by atoms with Gasteiger partial charge in [0.1, 0.15) is 11.5 Å². The summed E-state index contributed by atoms with van der Waals surface area (Å²) in [6, 6.07) is 13.2. The van der Waals surface area contributed by atoms with E-state index in [-0.39, 0.29) is 29.8 Å². The first-order valence-electron chi connectivity index (χ1n) is 13.7. The van der Waals surface area contributed by atoms with E-state index in [4.69, 9.17) is 20.9 Å². The molecule has 7 rings (SSSR count). The summed E-state index contributed by atoms with van der Waals surface area (Å²) in [6.45, 7) is 1.39. The van der Waals surface area contributed by atoms with Crippen molar-refractivity contribution < 1.29 is 24.0 Å². The number of ether oxygens (including phenoxy) is 1. The number of benzene rings is 2. The number of carboxylic acid groups (broad SMARTS) is 1. The topological polar surface area (TPSA) is 96.1 Å². The van der Waals surface area contributed by atoms with Crippen LogP contribution >= 0.6 is 11.6 Å². The van der Waals surface area contributed by atoms with Gasteiger partial charge in [0, 0.05) is 42.2 Å². The lowest BCUT2D eigenvalue weighted by Crippen LogP contribution is -2.52. The van der Waals surface area contributed by atoms with Crippen LogP contribution in [0.3, 0.4) is 0 Å². The zero-order chi connectivity index (χ0) is 26.7. The molecular weight excluding hydrogens is 518 g/mol. The molecule has 3 fully saturated rings. The molecule has 1 aromatic heterocycles. The lowest BCUT2D eigenvalue weighted by atomic mass is 9.99. The number of halogens is 1. The van der Waals surface area contributed by atoms with E-state index in [1.807, 2.05) is 35.2 Å². The molecule has 1 unspecified atom stereocenters. The molecule has 2 aromatic carbocycles. The summed E-state index contributed by atoms with van der Waals surface area (Å²) in [7, 11) is 0. The van der Waals surface area contributed by atoms with Crippen LogP contribution in [0.15, 0.2) is 47.0 Å². The Bertz CT molecular complexity index is 1440. The minimum Gasteiger partial charge on any atom is -0.478 e. The van der Waals surface area contributed by atoms with E-state index in [0.717, 1.165) is 72.2 Å². The highest BCUT2D eigenvalue weighted by atomic mass is 35.5. The molecule has 3 atom stereocenters. The largest absolute Gasteiger partial charge is 0.478 e. The average Bonchev–Trinajstić information content (AvgIpc) is 3.45. The van der Waals surface area contributed by atoms with Crippen molar-refractivity contribution in [3.8, 4) is 11.3 Å². The van der Waals surface area contributed by atoms with Gasteiger partial charge in [-0.3, -0.25) is 0 Å². The van der Waals surface area contributed by atoms with Gasteiger partial charge in [-0.1, -0.05) is 41.0 Å². The summed E-state index contributed by atoms with van der Waals surface area (Å²) in [5.41, 5.74) is 4.81. The summed E-state index contributed by atoms with van der Waals surface area (Å²) in [4.78, 5) is 28.9. The van der Waals surface area contributed by atoms with Gasteiger partial charge >= 0.3 is 12.0 Å². The van der Waals surface area contributed by atoms with Crippen molar-refractivity contribution >= 4 is 23.6 Å². The highest BCUT2D eigenvalue weighted by molar-refractivity contribution is 6.33. The molecule has 4 heterocycles. The molecule has 3 aromatic rings. The summed E-state index contributed by atoms with van der Waals surface area (Å²) >= 11 is 6.49. The molecule has 1 aliphatic carbocycles.